The van der Waals surface area contributed by atoms with Crippen molar-refractivity contribution >= 4 is 17.4 Å². The van der Waals surface area contributed by atoms with E-state index in [2.05, 4.69) is 69.2 Å². The van der Waals surface area contributed by atoms with Gasteiger partial charge in [0.05, 0.1) is 23.7 Å². The van der Waals surface area contributed by atoms with Crippen molar-refractivity contribution in [2.75, 3.05) is 5.32 Å². The van der Waals surface area contributed by atoms with E-state index in [0.717, 1.165) is 60.1 Å². The first kappa shape index (κ1) is 26.9. The molecule has 1 aliphatic rings. The number of ether oxygens (including phenoxy) is 1. The summed E-state index contributed by atoms with van der Waals surface area (Å²) in [6.45, 7) is 12.7. The Morgan fingerprint density at radius 2 is 1.77 bits per heavy atom. The molecule has 3 aromatic heterocycles. The number of hydrogen-bond donors (Lipinski definition) is 1. The van der Waals surface area contributed by atoms with E-state index in [9.17, 15) is 4.79 Å². The van der Waals surface area contributed by atoms with Gasteiger partial charge in [0.2, 0.25) is 5.91 Å². The third-order valence-electron chi connectivity index (χ3n) is 7.51. The molecule has 8 nitrogen and oxygen atoms in total. The Bertz CT molecular complexity index is 1440. The van der Waals surface area contributed by atoms with E-state index in [1.165, 1.54) is 5.56 Å². The smallest absolute Gasteiger partial charge is 0.225 e. The fourth-order valence-corrected chi connectivity index (χ4v) is 5.17. The van der Waals surface area contributed by atoms with Crippen molar-refractivity contribution in [2.45, 2.75) is 91.1 Å². The molecule has 0 aliphatic heterocycles. The van der Waals surface area contributed by atoms with E-state index >= 15 is 0 Å². The second-order valence-corrected chi connectivity index (χ2v) is 12.2. The van der Waals surface area contributed by atoms with Crippen LogP contribution in [0, 0.1) is 12.8 Å². The van der Waals surface area contributed by atoms with E-state index in [4.69, 9.17) is 9.84 Å². The molecule has 0 unspecified atom stereocenters. The number of hydrogen-bond acceptors (Lipinski definition) is 5. The maximum absolute atomic E-state index is 13.1. The van der Waals surface area contributed by atoms with Crippen LogP contribution in [0.25, 0.3) is 11.3 Å². The van der Waals surface area contributed by atoms with Gasteiger partial charge in [-0.1, -0.05) is 52.3 Å². The average Bonchev–Trinajstić information content (AvgIpc) is 3.50. The number of nitrogens with zero attached hydrogens (tertiary/aromatic N) is 5. The van der Waals surface area contributed by atoms with Crippen molar-refractivity contribution in [3.63, 3.8) is 0 Å². The van der Waals surface area contributed by atoms with Crippen LogP contribution < -0.4 is 10.1 Å². The first-order chi connectivity index (χ1) is 18.6. The van der Waals surface area contributed by atoms with Crippen molar-refractivity contribution in [1.82, 2.24) is 24.4 Å². The molecule has 8 heteroatoms. The standard InChI is InChI=1S/C31H40N6O2/c1-20(2)30-34-33-27-16-15-25(19-36(27)30)39-24-13-9-22(10-14-24)17-29(38)32-28-18-26(31(4,5)6)35-37(28)23-11-7-21(3)8-12-23/h7-8,11-12,15-16,18-20,22,24H,9-10,13-14,17H2,1-6H3,(H,32,38)/t22-,24-. The van der Waals surface area contributed by atoms with Crippen molar-refractivity contribution in [2.24, 2.45) is 5.92 Å². The molecule has 0 spiro atoms. The molecule has 1 aromatic carbocycles. The molecule has 206 valence electrons. The molecule has 1 aliphatic carbocycles. The lowest BCUT2D eigenvalue weighted by molar-refractivity contribution is -0.117. The zero-order valence-corrected chi connectivity index (χ0v) is 23.9. The first-order valence-electron chi connectivity index (χ1n) is 14.1. The molecule has 1 fully saturated rings. The van der Waals surface area contributed by atoms with Gasteiger partial charge in [0, 0.05) is 23.8 Å². The van der Waals surface area contributed by atoms with Crippen LogP contribution >= 0.6 is 0 Å². The van der Waals surface area contributed by atoms with Crippen LogP contribution in [0.4, 0.5) is 5.82 Å². The molecule has 5 rings (SSSR count). The van der Waals surface area contributed by atoms with Crippen LogP contribution in [0.1, 0.15) is 89.7 Å². The van der Waals surface area contributed by atoms with Crippen molar-refractivity contribution < 1.29 is 9.53 Å². The maximum atomic E-state index is 13.1. The normalized spacial score (nSPS) is 18.0. The zero-order valence-electron chi connectivity index (χ0n) is 23.9. The summed E-state index contributed by atoms with van der Waals surface area (Å²) >= 11 is 0. The minimum atomic E-state index is -0.122. The highest BCUT2D eigenvalue weighted by atomic mass is 16.5. The van der Waals surface area contributed by atoms with Crippen LogP contribution in [0.3, 0.4) is 0 Å². The molecule has 3 heterocycles. The highest BCUT2D eigenvalue weighted by Crippen LogP contribution is 2.31. The molecule has 0 saturated heterocycles. The van der Waals surface area contributed by atoms with E-state index in [1.807, 2.05) is 45.6 Å². The third kappa shape index (κ3) is 6.15. The predicted octanol–water partition coefficient (Wildman–Crippen LogP) is 6.61. The topological polar surface area (TPSA) is 86.3 Å². The van der Waals surface area contributed by atoms with Gasteiger partial charge in [0.1, 0.15) is 17.4 Å². The largest absolute Gasteiger partial charge is 0.489 e. The van der Waals surface area contributed by atoms with Gasteiger partial charge in [0.15, 0.2) is 5.65 Å². The summed E-state index contributed by atoms with van der Waals surface area (Å²) in [4.78, 5) is 13.1. The van der Waals surface area contributed by atoms with E-state index in [0.29, 0.717) is 12.3 Å². The summed E-state index contributed by atoms with van der Waals surface area (Å²) in [5.74, 6) is 3.15. The van der Waals surface area contributed by atoms with Gasteiger partial charge in [0.25, 0.3) is 0 Å². The summed E-state index contributed by atoms with van der Waals surface area (Å²) in [5, 5.41) is 16.5. The Balaban J connectivity index is 1.19. The SMILES string of the molecule is Cc1ccc(-n2nc(C(C)(C)C)cc2NC(=O)C[C@H]2CC[C@H](Oc3ccc4nnc(C(C)C)n4c3)CC2)cc1. The van der Waals surface area contributed by atoms with Crippen LogP contribution in [0.2, 0.25) is 0 Å². The number of fused-ring (bicyclic) bond motifs is 1. The summed E-state index contributed by atoms with van der Waals surface area (Å²) in [7, 11) is 0. The van der Waals surface area contributed by atoms with Gasteiger partial charge in [-0.15, -0.1) is 10.2 Å². The number of aromatic nitrogens is 5. The molecule has 0 atom stereocenters. The molecule has 4 aromatic rings. The number of aryl methyl sites for hydroxylation is 1. The number of amides is 1. The number of carbonyl (C=O) groups is 1. The maximum Gasteiger partial charge on any atom is 0.225 e. The number of pyridine rings is 1. The quantitative estimate of drug-likeness (QED) is 0.292. The summed E-state index contributed by atoms with van der Waals surface area (Å²) in [6, 6.07) is 14.1. The monoisotopic (exact) mass is 528 g/mol. The van der Waals surface area contributed by atoms with Gasteiger partial charge in [-0.05, 0) is 62.8 Å². The van der Waals surface area contributed by atoms with Gasteiger partial charge >= 0.3 is 0 Å². The van der Waals surface area contributed by atoms with Gasteiger partial charge in [-0.25, -0.2) is 4.68 Å². The average molecular weight is 529 g/mol. The summed E-state index contributed by atoms with van der Waals surface area (Å²) in [5.41, 5.74) is 3.78. The molecular formula is C31H40N6O2. The number of anilines is 1. The molecule has 1 saturated carbocycles. The van der Waals surface area contributed by atoms with Crippen LogP contribution in [-0.2, 0) is 10.2 Å². The zero-order chi connectivity index (χ0) is 27.7. The lowest BCUT2D eigenvalue weighted by atomic mass is 9.85. The van der Waals surface area contributed by atoms with Crippen molar-refractivity contribution in [3.05, 3.63) is 65.7 Å². The highest BCUT2D eigenvalue weighted by molar-refractivity contribution is 5.90. The van der Waals surface area contributed by atoms with Crippen molar-refractivity contribution in [1.29, 1.82) is 0 Å². The first-order valence-corrected chi connectivity index (χ1v) is 14.1. The number of carbonyl (C=O) groups excluding carboxylic acids is 1. The molecule has 0 bridgehead atoms. The van der Waals surface area contributed by atoms with Crippen molar-refractivity contribution in [3.8, 4) is 11.4 Å². The van der Waals surface area contributed by atoms with E-state index in [1.54, 1.807) is 0 Å². The Morgan fingerprint density at radius 1 is 1.05 bits per heavy atom. The number of nitrogens with one attached hydrogen (secondary N) is 1. The minimum Gasteiger partial charge on any atom is -0.489 e. The van der Waals surface area contributed by atoms with Gasteiger partial charge in [-0.3, -0.25) is 9.20 Å². The molecular weight excluding hydrogens is 488 g/mol. The van der Waals surface area contributed by atoms with Crippen LogP contribution in [-0.4, -0.2) is 36.4 Å². The predicted molar refractivity (Wildman–Crippen MR) is 154 cm³/mol. The Labute approximate surface area is 230 Å². The third-order valence-corrected chi connectivity index (χ3v) is 7.51. The number of benzene rings is 1. The van der Waals surface area contributed by atoms with E-state index in [-0.39, 0.29) is 23.3 Å². The fraction of sp³-hybridized carbons (Fsp3) is 0.484. The van der Waals surface area contributed by atoms with E-state index < -0.39 is 0 Å². The molecule has 0 radical (unpaired) electrons. The lowest BCUT2D eigenvalue weighted by Gasteiger charge is -2.28. The van der Waals surface area contributed by atoms with Crippen LogP contribution in [0.5, 0.6) is 5.75 Å². The molecule has 1 N–H and O–H groups in total. The Morgan fingerprint density at radius 3 is 2.44 bits per heavy atom. The van der Waals surface area contributed by atoms with Gasteiger partial charge in [-0.2, -0.15) is 5.10 Å². The Kier molecular flexibility index (Phi) is 7.47. The van der Waals surface area contributed by atoms with Gasteiger partial charge < -0.3 is 10.1 Å². The van der Waals surface area contributed by atoms with Crippen LogP contribution in [0.15, 0.2) is 48.7 Å². The Hall–Kier alpha value is -3.68. The summed E-state index contributed by atoms with van der Waals surface area (Å²) in [6.07, 6.45) is 6.45. The minimum absolute atomic E-state index is 0.0346. The molecule has 1 amide bonds. The molecule has 39 heavy (non-hydrogen) atoms. The second kappa shape index (κ2) is 10.8. The lowest BCUT2D eigenvalue weighted by Crippen LogP contribution is -2.27. The number of rotatable bonds is 7. The second-order valence-electron chi connectivity index (χ2n) is 12.2. The highest BCUT2D eigenvalue weighted by Gasteiger charge is 2.26. The summed E-state index contributed by atoms with van der Waals surface area (Å²) < 4.78 is 10.2. The fourth-order valence-electron chi connectivity index (χ4n) is 5.17.